The zero-order chi connectivity index (χ0) is 23.9. The highest BCUT2D eigenvalue weighted by Crippen LogP contribution is 2.30. The average Bonchev–Trinajstić information content (AvgIpc) is 3.44. The average molecular weight is 466 g/mol. The van der Waals surface area contributed by atoms with Crippen molar-refractivity contribution in [3.05, 3.63) is 59.4 Å². The number of aromatic nitrogens is 5. The summed E-state index contributed by atoms with van der Waals surface area (Å²) in [5, 5.41) is 16.4. The molecule has 1 aliphatic heterocycles. The molecule has 11 heteroatoms. The van der Waals surface area contributed by atoms with Gasteiger partial charge in [-0.2, -0.15) is 23.5 Å². The number of pyridine rings is 1. The highest BCUT2D eigenvalue weighted by molar-refractivity contribution is 5.80. The highest BCUT2D eigenvalue weighted by atomic mass is 19.4. The number of nitrogens with one attached hydrogen (secondary N) is 2. The Hall–Kier alpha value is -3.91. The first-order valence-electron chi connectivity index (χ1n) is 10.8. The maximum absolute atomic E-state index is 12.8. The first kappa shape index (κ1) is 21.9. The number of nitriles is 1. The van der Waals surface area contributed by atoms with Crippen molar-refractivity contribution < 1.29 is 13.2 Å². The summed E-state index contributed by atoms with van der Waals surface area (Å²) in [4.78, 5) is 16.2. The van der Waals surface area contributed by atoms with Crippen molar-refractivity contribution in [1.82, 2.24) is 30.0 Å². The third-order valence-corrected chi connectivity index (χ3v) is 6.03. The predicted octanol–water partition coefficient (Wildman–Crippen LogP) is 3.95. The summed E-state index contributed by atoms with van der Waals surface area (Å²) in [7, 11) is 0. The lowest BCUT2D eigenvalue weighted by Gasteiger charge is -2.40. The molecular formula is C23H21F3N8. The smallest absolute Gasteiger partial charge is 0.351 e. The van der Waals surface area contributed by atoms with Crippen LogP contribution >= 0.6 is 0 Å². The molecule has 0 amide bonds. The van der Waals surface area contributed by atoms with Crippen molar-refractivity contribution in [2.75, 3.05) is 24.5 Å². The van der Waals surface area contributed by atoms with E-state index in [1.54, 1.807) is 12.1 Å². The van der Waals surface area contributed by atoms with Gasteiger partial charge in [0.15, 0.2) is 5.82 Å². The molecule has 1 aliphatic rings. The normalized spacial score (nSPS) is 17.3. The standard InChI is InChI=1S/C23H21F3N8/c1-14-12-33(6-7-34(14)20-5-3-17(11-28-20)23(24,25)26)13-16-10-29-32-21(16)22-30-18-4-2-15(9-27)8-19(18)31-22/h2-5,8,10-11,14H,6-7,12-13H2,1H3,(H,29,32)(H,30,31). The van der Waals surface area contributed by atoms with Crippen LogP contribution in [0.4, 0.5) is 19.0 Å². The molecular weight excluding hydrogens is 445 g/mol. The summed E-state index contributed by atoms with van der Waals surface area (Å²) in [5.41, 5.74) is 3.03. The minimum Gasteiger partial charge on any atom is -0.351 e. The largest absolute Gasteiger partial charge is 0.417 e. The molecule has 0 saturated carbocycles. The van der Waals surface area contributed by atoms with E-state index < -0.39 is 11.7 Å². The third-order valence-electron chi connectivity index (χ3n) is 6.03. The second-order valence-corrected chi connectivity index (χ2v) is 8.37. The number of imidazole rings is 1. The highest BCUT2D eigenvalue weighted by Gasteiger charge is 2.32. The van der Waals surface area contributed by atoms with Gasteiger partial charge < -0.3 is 9.88 Å². The van der Waals surface area contributed by atoms with Gasteiger partial charge in [-0.05, 0) is 37.3 Å². The van der Waals surface area contributed by atoms with Crippen molar-refractivity contribution in [2.24, 2.45) is 0 Å². The van der Waals surface area contributed by atoms with Gasteiger partial charge in [-0.3, -0.25) is 10.00 Å². The van der Waals surface area contributed by atoms with E-state index in [9.17, 15) is 13.2 Å². The van der Waals surface area contributed by atoms with Crippen LogP contribution < -0.4 is 4.90 Å². The van der Waals surface area contributed by atoms with Crippen LogP contribution in [0.5, 0.6) is 0 Å². The quantitative estimate of drug-likeness (QED) is 0.472. The first-order valence-corrected chi connectivity index (χ1v) is 10.8. The number of alkyl halides is 3. The summed E-state index contributed by atoms with van der Waals surface area (Å²) in [6.07, 6.45) is -1.66. The lowest BCUT2D eigenvalue weighted by atomic mass is 10.1. The third kappa shape index (κ3) is 4.20. The van der Waals surface area contributed by atoms with E-state index in [2.05, 4.69) is 36.1 Å². The van der Waals surface area contributed by atoms with Gasteiger partial charge in [0.05, 0.1) is 28.2 Å². The summed E-state index contributed by atoms with van der Waals surface area (Å²) in [6, 6.07) is 10.00. The fourth-order valence-electron chi connectivity index (χ4n) is 4.31. The summed E-state index contributed by atoms with van der Waals surface area (Å²) < 4.78 is 38.5. The number of H-pyrrole nitrogens is 2. The second-order valence-electron chi connectivity index (χ2n) is 8.37. The molecule has 34 heavy (non-hydrogen) atoms. The Balaban J connectivity index is 1.28. The van der Waals surface area contributed by atoms with E-state index in [0.717, 1.165) is 36.4 Å². The van der Waals surface area contributed by atoms with Crippen molar-refractivity contribution in [2.45, 2.75) is 25.7 Å². The Bertz CT molecular complexity index is 1350. The van der Waals surface area contributed by atoms with Crippen LogP contribution in [0.15, 0.2) is 42.7 Å². The maximum atomic E-state index is 12.8. The van der Waals surface area contributed by atoms with Gasteiger partial charge in [-0.25, -0.2) is 9.97 Å². The predicted molar refractivity (Wildman–Crippen MR) is 120 cm³/mol. The summed E-state index contributed by atoms with van der Waals surface area (Å²) >= 11 is 0. The molecule has 5 rings (SSSR count). The van der Waals surface area contributed by atoms with Crippen LogP contribution in [0, 0.1) is 11.3 Å². The van der Waals surface area contributed by atoms with Gasteiger partial charge in [0.2, 0.25) is 0 Å². The first-order chi connectivity index (χ1) is 16.3. The number of hydrogen-bond acceptors (Lipinski definition) is 6. The lowest BCUT2D eigenvalue weighted by molar-refractivity contribution is -0.137. The molecule has 4 heterocycles. The molecule has 1 aromatic carbocycles. The minimum atomic E-state index is -4.39. The zero-order valence-electron chi connectivity index (χ0n) is 18.3. The number of aromatic amines is 2. The Kier molecular flexibility index (Phi) is 5.45. The molecule has 0 aliphatic carbocycles. The number of halogens is 3. The van der Waals surface area contributed by atoms with E-state index in [4.69, 9.17) is 5.26 Å². The monoisotopic (exact) mass is 466 g/mol. The van der Waals surface area contributed by atoms with Crippen molar-refractivity contribution >= 4 is 16.9 Å². The lowest BCUT2D eigenvalue weighted by Crippen LogP contribution is -2.51. The maximum Gasteiger partial charge on any atom is 0.417 e. The molecule has 174 valence electrons. The molecule has 3 aromatic heterocycles. The number of fused-ring (bicyclic) bond motifs is 1. The number of rotatable bonds is 4. The minimum absolute atomic E-state index is 0.0731. The SMILES string of the molecule is CC1CN(Cc2c[nH]nc2-c2nc3cc(C#N)ccc3[nH]2)CCN1c1ccc(C(F)(F)F)cn1. The van der Waals surface area contributed by atoms with Crippen LogP contribution in [-0.2, 0) is 12.7 Å². The van der Waals surface area contributed by atoms with E-state index >= 15 is 0 Å². The fraction of sp³-hybridized carbons (Fsp3) is 0.304. The Morgan fingerprint density at radius 2 is 2.06 bits per heavy atom. The number of benzene rings is 1. The van der Waals surface area contributed by atoms with Crippen LogP contribution in [0.2, 0.25) is 0 Å². The molecule has 0 radical (unpaired) electrons. The molecule has 0 bridgehead atoms. The van der Waals surface area contributed by atoms with Gasteiger partial charge in [0.25, 0.3) is 0 Å². The molecule has 1 fully saturated rings. The van der Waals surface area contributed by atoms with Crippen molar-refractivity contribution in [3.8, 4) is 17.6 Å². The number of anilines is 1. The molecule has 2 N–H and O–H groups in total. The van der Waals surface area contributed by atoms with Gasteiger partial charge in [-0.1, -0.05) is 0 Å². The molecule has 1 atom stereocenters. The molecule has 1 saturated heterocycles. The molecule has 4 aromatic rings. The van der Waals surface area contributed by atoms with Crippen molar-refractivity contribution in [3.63, 3.8) is 0 Å². The van der Waals surface area contributed by atoms with Crippen molar-refractivity contribution in [1.29, 1.82) is 5.26 Å². The van der Waals surface area contributed by atoms with E-state index in [1.807, 2.05) is 24.1 Å². The Morgan fingerprint density at radius 3 is 2.76 bits per heavy atom. The van der Waals surface area contributed by atoms with E-state index in [0.29, 0.717) is 41.5 Å². The topological polar surface area (TPSA) is 101 Å². The summed E-state index contributed by atoms with van der Waals surface area (Å²) in [6.45, 7) is 4.77. The molecule has 0 spiro atoms. The summed E-state index contributed by atoms with van der Waals surface area (Å²) in [5.74, 6) is 1.17. The number of hydrogen-bond donors (Lipinski definition) is 2. The van der Waals surface area contributed by atoms with Crippen LogP contribution in [0.25, 0.3) is 22.6 Å². The Morgan fingerprint density at radius 1 is 1.21 bits per heavy atom. The number of piperazine rings is 1. The van der Waals surface area contributed by atoms with Gasteiger partial charge in [0.1, 0.15) is 11.5 Å². The van der Waals surface area contributed by atoms with Gasteiger partial charge >= 0.3 is 6.18 Å². The van der Waals surface area contributed by atoms with E-state index in [1.165, 1.54) is 6.07 Å². The second kappa shape index (κ2) is 8.46. The zero-order valence-corrected chi connectivity index (χ0v) is 18.3. The molecule has 1 unspecified atom stereocenters. The molecule has 8 nitrogen and oxygen atoms in total. The van der Waals surface area contributed by atoms with Gasteiger partial charge in [-0.15, -0.1) is 0 Å². The van der Waals surface area contributed by atoms with Crippen LogP contribution in [0.3, 0.4) is 0 Å². The Labute approximate surface area is 193 Å². The van der Waals surface area contributed by atoms with Gasteiger partial charge in [0, 0.05) is 50.2 Å². The fourth-order valence-corrected chi connectivity index (χ4v) is 4.31. The number of nitrogens with zero attached hydrogens (tertiary/aromatic N) is 6. The van der Waals surface area contributed by atoms with E-state index in [-0.39, 0.29) is 6.04 Å². The van der Waals surface area contributed by atoms with Crippen LogP contribution in [-0.4, -0.2) is 55.7 Å². The van der Waals surface area contributed by atoms with Crippen LogP contribution in [0.1, 0.15) is 23.6 Å².